The number of nitrogens with two attached hydrogens (primary N) is 1. The molecule has 2 N–H and O–H groups in total. The smallest absolute Gasteiger partial charge is 0.238 e. The molecule has 0 atom stereocenters. The van der Waals surface area contributed by atoms with Crippen LogP contribution in [0.1, 0.15) is 19.2 Å². The van der Waals surface area contributed by atoms with Crippen LogP contribution in [0.15, 0.2) is 24.5 Å². The largest absolute Gasteiger partial charge is 0.479 e. The first-order valence-electron chi connectivity index (χ1n) is 5.59. The maximum Gasteiger partial charge on any atom is 0.238 e. The van der Waals surface area contributed by atoms with Gasteiger partial charge < -0.3 is 10.5 Å². The zero-order valence-corrected chi connectivity index (χ0v) is 10.1. The number of hydrogen-bond donors (Lipinski definition) is 1. The van der Waals surface area contributed by atoms with Crippen molar-refractivity contribution in [3.05, 3.63) is 30.4 Å². The molecular weight excluding hydrogens is 216 g/mol. The van der Waals surface area contributed by atoms with E-state index < -0.39 is 0 Å². The highest BCUT2D eigenvalue weighted by Gasteiger charge is 2.08. The van der Waals surface area contributed by atoms with Crippen molar-refractivity contribution in [1.82, 2.24) is 14.5 Å². The van der Waals surface area contributed by atoms with Crippen molar-refractivity contribution in [3.8, 4) is 11.7 Å². The number of nitrogens with zero attached hydrogens (tertiary/aromatic N) is 3. The molecule has 90 valence electrons. The van der Waals surface area contributed by atoms with Gasteiger partial charge in [-0.25, -0.2) is 4.98 Å². The second-order valence-electron chi connectivity index (χ2n) is 3.73. The van der Waals surface area contributed by atoms with Crippen LogP contribution in [0.3, 0.4) is 0 Å². The maximum absolute atomic E-state index is 5.74. The van der Waals surface area contributed by atoms with Crippen LogP contribution >= 0.6 is 0 Å². The summed E-state index contributed by atoms with van der Waals surface area (Å²) in [5.74, 6) is 2.21. The van der Waals surface area contributed by atoms with E-state index in [0.29, 0.717) is 11.6 Å². The van der Waals surface area contributed by atoms with Crippen molar-refractivity contribution in [1.29, 1.82) is 0 Å². The number of aryl methyl sites for hydroxylation is 1. The quantitative estimate of drug-likeness (QED) is 0.873. The van der Waals surface area contributed by atoms with Crippen LogP contribution < -0.4 is 10.5 Å². The van der Waals surface area contributed by atoms with Gasteiger partial charge in [-0.1, -0.05) is 6.92 Å². The van der Waals surface area contributed by atoms with E-state index in [1.54, 1.807) is 19.4 Å². The summed E-state index contributed by atoms with van der Waals surface area (Å²) in [4.78, 5) is 8.66. The highest BCUT2D eigenvalue weighted by molar-refractivity contribution is 5.50. The summed E-state index contributed by atoms with van der Waals surface area (Å²) >= 11 is 0. The van der Waals surface area contributed by atoms with Gasteiger partial charge >= 0.3 is 0 Å². The van der Waals surface area contributed by atoms with Gasteiger partial charge in [0, 0.05) is 18.8 Å². The number of pyridine rings is 1. The van der Waals surface area contributed by atoms with Crippen molar-refractivity contribution in [2.24, 2.45) is 0 Å². The lowest BCUT2D eigenvalue weighted by Crippen LogP contribution is -2.04. The number of rotatable bonds is 4. The lowest BCUT2D eigenvalue weighted by molar-refractivity contribution is 0.399. The molecule has 5 nitrogen and oxygen atoms in total. The van der Waals surface area contributed by atoms with Gasteiger partial charge in [0.15, 0.2) is 0 Å². The summed E-state index contributed by atoms with van der Waals surface area (Å²) < 4.78 is 7.06. The minimum Gasteiger partial charge on any atom is -0.479 e. The summed E-state index contributed by atoms with van der Waals surface area (Å²) in [6.07, 6.45) is 5.63. The van der Waals surface area contributed by atoms with Crippen LogP contribution in [-0.4, -0.2) is 21.6 Å². The summed E-state index contributed by atoms with van der Waals surface area (Å²) in [5, 5.41) is 0. The standard InChI is InChI=1S/C12H16N4O/c1-3-4-10-14-7-8-16(10)11-6-5-9(13)12(15-11)17-2/h5-8H,3-4,13H2,1-2H3. The molecule has 0 aliphatic carbocycles. The number of anilines is 1. The predicted molar refractivity (Wildman–Crippen MR) is 66.3 cm³/mol. The maximum atomic E-state index is 5.74. The summed E-state index contributed by atoms with van der Waals surface area (Å²) in [5.41, 5.74) is 6.27. The van der Waals surface area contributed by atoms with Crippen LogP contribution in [0.4, 0.5) is 5.69 Å². The van der Waals surface area contributed by atoms with Gasteiger partial charge in [0.05, 0.1) is 12.8 Å². The molecule has 2 aromatic rings. The van der Waals surface area contributed by atoms with Crippen LogP contribution in [0.5, 0.6) is 5.88 Å². The zero-order chi connectivity index (χ0) is 12.3. The summed E-state index contributed by atoms with van der Waals surface area (Å²) in [6.45, 7) is 2.12. The lowest BCUT2D eigenvalue weighted by atomic mass is 10.3. The minimum absolute atomic E-state index is 0.443. The lowest BCUT2D eigenvalue weighted by Gasteiger charge is -2.09. The molecule has 5 heteroatoms. The van der Waals surface area contributed by atoms with Crippen molar-refractivity contribution in [2.75, 3.05) is 12.8 Å². The van der Waals surface area contributed by atoms with Gasteiger partial charge in [0.25, 0.3) is 0 Å². The Bertz CT molecular complexity index is 507. The monoisotopic (exact) mass is 232 g/mol. The second kappa shape index (κ2) is 4.86. The Hall–Kier alpha value is -2.04. The fraction of sp³-hybridized carbons (Fsp3) is 0.333. The molecule has 0 radical (unpaired) electrons. The molecule has 0 unspecified atom stereocenters. The van der Waals surface area contributed by atoms with Gasteiger partial charge in [0.2, 0.25) is 5.88 Å². The molecule has 2 aromatic heterocycles. The van der Waals surface area contributed by atoms with Crippen LogP contribution in [0.25, 0.3) is 5.82 Å². The highest BCUT2D eigenvalue weighted by Crippen LogP contribution is 2.20. The average molecular weight is 232 g/mol. The fourth-order valence-electron chi connectivity index (χ4n) is 1.69. The Morgan fingerprint density at radius 1 is 1.41 bits per heavy atom. The van der Waals surface area contributed by atoms with Gasteiger partial charge in [0.1, 0.15) is 11.6 Å². The first-order chi connectivity index (χ1) is 8.26. The molecule has 2 heterocycles. The molecule has 0 bridgehead atoms. The van der Waals surface area contributed by atoms with E-state index >= 15 is 0 Å². The van der Waals surface area contributed by atoms with E-state index in [2.05, 4.69) is 16.9 Å². The molecule has 2 rings (SSSR count). The Labute approximate surface area is 100 Å². The van der Waals surface area contributed by atoms with Gasteiger partial charge in [-0.15, -0.1) is 0 Å². The van der Waals surface area contributed by atoms with Crippen molar-refractivity contribution >= 4 is 5.69 Å². The third-order valence-corrected chi connectivity index (χ3v) is 2.51. The molecule has 0 aliphatic rings. The van der Waals surface area contributed by atoms with E-state index in [1.807, 2.05) is 16.8 Å². The van der Waals surface area contributed by atoms with E-state index in [4.69, 9.17) is 10.5 Å². The van der Waals surface area contributed by atoms with Crippen molar-refractivity contribution in [2.45, 2.75) is 19.8 Å². The molecule has 0 saturated heterocycles. The number of ether oxygens (including phenoxy) is 1. The normalized spacial score (nSPS) is 10.5. The van der Waals surface area contributed by atoms with Crippen LogP contribution in [-0.2, 0) is 6.42 Å². The van der Waals surface area contributed by atoms with Crippen LogP contribution in [0, 0.1) is 0 Å². The van der Waals surface area contributed by atoms with Crippen LogP contribution in [0.2, 0.25) is 0 Å². The fourth-order valence-corrected chi connectivity index (χ4v) is 1.69. The first kappa shape index (κ1) is 11.4. The molecule has 0 spiro atoms. The topological polar surface area (TPSA) is 66.0 Å². The minimum atomic E-state index is 0.443. The number of hydrogen-bond acceptors (Lipinski definition) is 4. The first-order valence-corrected chi connectivity index (χ1v) is 5.59. The molecule has 0 amide bonds. The van der Waals surface area contributed by atoms with Crippen molar-refractivity contribution in [3.63, 3.8) is 0 Å². The van der Waals surface area contributed by atoms with E-state index in [1.165, 1.54) is 0 Å². The van der Waals surface area contributed by atoms with Gasteiger partial charge in [-0.3, -0.25) is 4.57 Å². The number of nitrogen functional groups attached to an aromatic ring is 1. The van der Waals surface area contributed by atoms with E-state index in [-0.39, 0.29) is 0 Å². The Kier molecular flexibility index (Phi) is 3.27. The summed E-state index contributed by atoms with van der Waals surface area (Å²) in [7, 11) is 1.56. The summed E-state index contributed by atoms with van der Waals surface area (Å²) in [6, 6.07) is 3.65. The van der Waals surface area contributed by atoms with E-state index in [9.17, 15) is 0 Å². The second-order valence-corrected chi connectivity index (χ2v) is 3.73. The molecule has 17 heavy (non-hydrogen) atoms. The Morgan fingerprint density at radius 3 is 2.94 bits per heavy atom. The highest BCUT2D eigenvalue weighted by atomic mass is 16.5. The zero-order valence-electron chi connectivity index (χ0n) is 10.1. The average Bonchev–Trinajstić information content (AvgIpc) is 2.78. The Morgan fingerprint density at radius 2 is 2.24 bits per heavy atom. The molecule has 0 saturated carbocycles. The van der Waals surface area contributed by atoms with Gasteiger partial charge in [-0.2, -0.15) is 4.98 Å². The Balaban J connectivity index is 2.42. The number of imidazole rings is 1. The van der Waals surface area contributed by atoms with Gasteiger partial charge in [-0.05, 0) is 18.6 Å². The number of methoxy groups -OCH3 is 1. The molecular formula is C12H16N4O. The van der Waals surface area contributed by atoms with E-state index in [0.717, 1.165) is 24.5 Å². The SMILES string of the molecule is CCCc1nccn1-c1ccc(N)c(OC)n1. The molecule has 0 aromatic carbocycles. The molecule has 0 fully saturated rings. The third kappa shape index (κ3) is 2.22. The number of aromatic nitrogens is 3. The third-order valence-electron chi connectivity index (χ3n) is 2.51. The molecule has 0 aliphatic heterocycles. The predicted octanol–water partition coefficient (Wildman–Crippen LogP) is 1.81. The van der Waals surface area contributed by atoms with Crippen molar-refractivity contribution < 1.29 is 4.74 Å².